The van der Waals surface area contributed by atoms with Crippen molar-refractivity contribution in [2.24, 2.45) is 7.05 Å². The molecule has 2 aromatic rings. The average Bonchev–Trinajstić information content (AvgIpc) is 2.41. The molecule has 1 aromatic carbocycles. The predicted molar refractivity (Wildman–Crippen MR) is 75.7 cm³/mol. The topological polar surface area (TPSA) is 67.8 Å². The average molecular weight is 269 g/mol. The fourth-order valence-corrected chi connectivity index (χ4v) is 2.10. The predicted octanol–water partition coefficient (Wildman–Crippen LogP) is 1.08. The molecule has 20 heavy (non-hydrogen) atoms. The van der Waals surface area contributed by atoms with E-state index in [2.05, 4.69) is 6.07 Å². The quantitative estimate of drug-likeness (QED) is 0.819. The van der Waals surface area contributed by atoms with Gasteiger partial charge in [0.2, 0.25) is 0 Å². The van der Waals surface area contributed by atoms with Crippen LogP contribution in [0.25, 0.3) is 0 Å². The van der Waals surface area contributed by atoms with Crippen molar-refractivity contribution < 1.29 is 0 Å². The van der Waals surface area contributed by atoms with Crippen LogP contribution in [0.3, 0.4) is 0 Å². The molecule has 2 rings (SSSR count). The van der Waals surface area contributed by atoms with Gasteiger partial charge >= 0.3 is 5.69 Å². The minimum atomic E-state index is -0.375. The highest BCUT2D eigenvalue weighted by molar-refractivity contribution is 5.40. The van der Waals surface area contributed by atoms with Crippen LogP contribution in [0.1, 0.15) is 22.4 Å². The lowest BCUT2D eigenvalue weighted by Gasteiger charge is -2.12. The first-order valence-electron chi connectivity index (χ1n) is 6.21. The van der Waals surface area contributed by atoms with Gasteiger partial charge in [-0.25, -0.2) is 4.79 Å². The summed E-state index contributed by atoms with van der Waals surface area (Å²) < 4.78 is 2.56. The molecule has 0 unspecified atom stereocenters. The van der Waals surface area contributed by atoms with Crippen LogP contribution in [0.2, 0.25) is 0 Å². The minimum absolute atomic E-state index is 0.281. The van der Waals surface area contributed by atoms with Crippen molar-refractivity contribution in [1.29, 1.82) is 5.26 Å². The number of hydrogen-bond acceptors (Lipinski definition) is 3. The third-order valence-corrected chi connectivity index (χ3v) is 3.32. The molecule has 1 aromatic heterocycles. The highest BCUT2D eigenvalue weighted by Crippen LogP contribution is 2.12. The Morgan fingerprint density at radius 1 is 1.20 bits per heavy atom. The third kappa shape index (κ3) is 2.41. The van der Waals surface area contributed by atoms with Crippen LogP contribution in [-0.2, 0) is 13.6 Å². The van der Waals surface area contributed by atoms with E-state index in [0.29, 0.717) is 11.3 Å². The molecular formula is C15H15N3O2. The van der Waals surface area contributed by atoms with Gasteiger partial charge in [0.05, 0.1) is 18.2 Å². The molecule has 0 fully saturated rings. The highest BCUT2D eigenvalue weighted by Gasteiger charge is 2.09. The molecule has 102 valence electrons. The number of rotatable bonds is 2. The smallest absolute Gasteiger partial charge is 0.293 e. The Bertz CT molecular complexity index is 822. The van der Waals surface area contributed by atoms with Gasteiger partial charge in [-0.1, -0.05) is 17.7 Å². The van der Waals surface area contributed by atoms with E-state index >= 15 is 0 Å². The van der Waals surface area contributed by atoms with E-state index < -0.39 is 0 Å². The second kappa shape index (κ2) is 5.17. The van der Waals surface area contributed by atoms with Gasteiger partial charge in [-0.05, 0) is 25.5 Å². The number of benzene rings is 1. The highest BCUT2D eigenvalue weighted by atomic mass is 16.2. The third-order valence-electron chi connectivity index (χ3n) is 3.32. The zero-order valence-corrected chi connectivity index (χ0v) is 11.7. The fourth-order valence-electron chi connectivity index (χ4n) is 2.10. The first kappa shape index (κ1) is 13.8. The summed E-state index contributed by atoms with van der Waals surface area (Å²) in [7, 11) is 1.45. The summed E-state index contributed by atoms with van der Waals surface area (Å²) in [5.74, 6) is 0. The van der Waals surface area contributed by atoms with Gasteiger partial charge in [-0.2, -0.15) is 5.26 Å². The maximum Gasteiger partial charge on any atom is 0.331 e. The molecule has 0 radical (unpaired) electrons. The first-order valence-corrected chi connectivity index (χ1v) is 6.21. The lowest BCUT2D eigenvalue weighted by atomic mass is 10.1. The standard InChI is InChI=1S/C15H15N3O2/c1-10-4-5-12(8-16)13(6-10)9-18-11(2)7-14(19)17(3)15(18)20/h4-7H,9H2,1-3H3. The van der Waals surface area contributed by atoms with E-state index in [9.17, 15) is 9.59 Å². The summed E-state index contributed by atoms with van der Waals surface area (Å²) in [6, 6.07) is 9.03. The SMILES string of the molecule is Cc1ccc(C#N)c(Cn2c(C)cc(=O)n(C)c2=O)c1. The summed E-state index contributed by atoms with van der Waals surface area (Å²) in [6.07, 6.45) is 0. The number of aryl methyl sites for hydroxylation is 2. The Morgan fingerprint density at radius 2 is 1.90 bits per heavy atom. The molecule has 5 nitrogen and oxygen atoms in total. The van der Waals surface area contributed by atoms with Crippen LogP contribution in [0.4, 0.5) is 0 Å². The molecule has 0 aliphatic heterocycles. The molecule has 0 saturated heterocycles. The number of hydrogen-bond donors (Lipinski definition) is 0. The second-order valence-electron chi connectivity index (χ2n) is 4.82. The van der Waals surface area contributed by atoms with Gasteiger partial charge in [-0.15, -0.1) is 0 Å². The molecule has 0 amide bonds. The fraction of sp³-hybridized carbons (Fsp3) is 0.267. The normalized spacial score (nSPS) is 10.3. The van der Waals surface area contributed by atoms with Gasteiger partial charge in [0.25, 0.3) is 5.56 Å². The summed E-state index contributed by atoms with van der Waals surface area (Å²) in [5.41, 5.74) is 2.22. The van der Waals surface area contributed by atoms with Gasteiger partial charge < -0.3 is 0 Å². The monoisotopic (exact) mass is 269 g/mol. The zero-order valence-electron chi connectivity index (χ0n) is 11.7. The lowest BCUT2D eigenvalue weighted by Crippen LogP contribution is -2.38. The molecule has 0 spiro atoms. The summed E-state index contributed by atoms with van der Waals surface area (Å²) in [4.78, 5) is 23.7. The van der Waals surface area contributed by atoms with E-state index in [1.165, 1.54) is 17.7 Å². The zero-order chi connectivity index (χ0) is 14.9. The van der Waals surface area contributed by atoms with Crippen LogP contribution in [0.5, 0.6) is 0 Å². The van der Waals surface area contributed by atoms with Gasteiger partial charge in [0, 0.05) is 18.8 Å². The Labute approximate surface area is 116 Å². The van der Waals surface area contributed by atoms with Gasteiger partial charge in [-0.3, -0.25) is 13.9 Å². The van der Waals surface area contributed by atoms with E-state index in [1.807, 2.05) is 19.1 Å². The molecule has 0 saturated carbocycles. The molecule has 0 aliphatic rings. The second-order valence-corrected chi connectivity index (χ2v) is 4.82. The molecule has 1 heterocycles. The minimum Gasteiger partial charge on any atom is -0.293 e. The van der Waals surface area contributed by atoms with E-state index in [0.717, 1.165) is 15.7 Å². The van der Waals surface area contributed by atoms with Gasteiger partial charge in [0.15, 0.2) is 0 Å². The van der Waals surface area contributed by atoms with Crippen molar-refractivity contribution >= 4 is 0 Å². The largest absolute Gasteiger partial charge is 0.331 e. The van der Waals surface area contributed by atoms with Crippen LogP contribution in [0, 0.1) is 25.2 Å². The Morgan fingerprint density at radius 3 is 2.55 bits per heavy atom. The number of aromatic nitrogens is 2. The molecule has 5 heteroatoms. The van der Waals surface area contributed by atoms with Crippen LogP contribution >= 0.6 is 0 Å². The van der Waals surface area contributed by atoms with Crippen LogP contribution < -0.4 is 11.2 Å². The van der Waals surface area contributed by atoms with Crippen molar-refractivity contribution in [1.82, 2.24) is 9.13 Å². The summed E-state index contributed by atoms with van der Waals surface area (Å²) in [6.45, 7) is 3.93. The Hall–Kier alpha value is -2.61. The molecular weight excluding hydrogens is 254 g/mol. The van der Waals surface area contributed by atoms with Gasteiger partial charge in [0.1, 0.15) is 0 Å². The van der Waals surface area contributed by atoms with Crippen LogP contribution in [-0.4, -0.2) is 9.13 Å². The van der Waals surface area contributed by atoms with Crippen molar-refractivity contribution in [3.63, 3.8) is 0 Å². The summed E-state index contributed by atoms with van der Waals surface area (Å²) >= 11 is 0. The van der Waals surface area contributed by atoms with E-state index in [-0.39, 0.29) is 17.8 Å². The Kier molecular flexibility index (Phi) is 3.57. The lowest BCUT2D eigenvalue weighted by molar-refractivity contribution is 0.626. The maximum atomic E-state index is 12.1. The first-order chi connectivity index (χ1) is 9.43. The molecule has 0 aliphatic carbocycles. The van der Waals surface area contributed by atoms with E-state index in [4.69, 9.17) is 5.26 Å². The Balaban J connectivity index is 2.60. The number of nitrogens with zero attached hydrogens (tertiary/aromatic N) is 3. The van der Waals surface area contributed by atoms with Crippen molar-refractivity contribution in [2.45, 2.75) is 20.4 Å². The molecule has 0 N–H and O–H groups in total. The number of nitriles is 1. The maximum absolute atomic E-state index is 12.1. The van der Waals surface area contributed by atoms with Crippen molar-refractivity contribution in [3.8, 4) is 6.07 Å². The molecule has 0 bridgehead atoms. The van der Waals surface area contributed by atoms with E-state index in [1.54, 1.807) is 13.0 Å². The molecule has 0 atom stereocenters. The van der Waals surface area contributed by atoms with Crippen molar-refractivity contribution in [3.05, 3.63) is 67.5 Å². The summed E-state index contributed by atoms with van der Waals surface area (Å²) in [5, 5.41) is 9.13. The van der Waals surface area contributed by atoms with Crippen molar-refractivity contribution in [2.75, 3.05) is 0 Å². The van der Waals surface area contributed by atoms with Crippen LogP contribution in [0.15, 0.2) is 33.9 Å².